The molecule has 3 aromatic rings. The number of benzene rings is 2. The van der Waals surface area contributed by atoms with Crippen molar-refractivity contribution in [3.8, 4) is 0 Å². The van der Waals surface area contributed by atoms with Crippen LogP contribution in [0.15, 0.2) is 42.5 Å². The summed E-state index contributed by atoms with van der Waals surface area (Å²) in [5, 5.41) is 2.56. The number of hydrogen-bond donors (Lipinski definition) is 3. The maximum absolute atomic E-state index is 13.2. The number of nitrogen functional groups attached to an aromatic ring is 1. The van der Waals surface area contributed by atoms with Crippen molar-refractivity contribution in [1.29, 1.82) is 0 Å². The molecular weight excluding hydrogens is 259 g/mol. The summed E-state index contributed by atoms with van der Waals surface area (Å²) in [5.41, 5.74) is 7.48. The molecule has 0 fully saturated rings. The van der Waals surface area contributed by atoms with Gasteiger partial charge in [-0.25, -0.2) is 9.37 Å². The minimum atomic E-state index is -0.519. The molecule has 0 saturated carbocycles. The topological polar surface area (TPSA) is 83.8 Å². The number of nitrogens with zero attached hydrogens (tertiary/aromatic N) is 1. The second-order valence-electron chi connectivity index (χ2n) is 4.29. The number of rotatable bonds is 2. The molecule has 0 unspecified atom stereocenters. The van der Waals surface area contributed by atoms with Crippen LogP contribution in [0.4, 0.5) is 16.0 Å². The summed E-state index contributed by atoms with van der Waals surface area (Å²) in [6.07, 6.45) is 0. The molecule has 0 bridgehead atoms. The van der Waals surface area contributed by atoms with Crippen molar-refractivity contribution in [2.75, 3.05) is 11.1 Å². The van der Waals surface area contributed by atoms with Crippen molar-refractivity contribution in [2.24, 2.45) is 0 Å². The minimum Gasteiger partial charge on any atom is -0.398 e. The first-order valence-corrected chi connectivity index (χ1v) is 5.94. The number of aromatic nitrogens is 2. The highest BCUT2D eigenvalue weighted by molar-refractivity contribution is 6.07. The van der Waals surface area contributed by atoms with E-state index in [-0.39, 0.29) is 11.3 Å². The molecule has 0 radical (unpaired) electrons. The number of halogens is 1. The fraction of sp³-hybridized carbons (Fsp3) is 0. The van der Waals surface area contributed by atoms with Crippen LogP contribution in [0.2, 0.25) is 0 Å². The zero-order chi connectivity index (χ0) is 14.1. The molecule has 0 saturated heterocycles. The first-order chi connectivity index (χ1) is 9.63. The summed E-state index contributed by atoms with van der Waals surface area (Å²) >= 11 is 0. The lowest BCUT2D eigenvalue weighted by molar-refractivity contribution is 0.102. The van der Waals surface area contributed by atoms with Gasteiger partial charge < -0.3 is 10.7 Å². The van der Waals surface area contributed by atoms with Gasteiger partial charge in [-0.15, -0.1) is 0 Å². The summed E-state index contributed by atoms with van der Waals surface area (Å²) in [5.74, 6) is -0.741. The van der Waals surface area contributed by atoms with Crippen LogP contribution < -0.4 is 11.1 Å². The van der Waals surface area contributed by atoms with E-state index in [1.807, 2.05) is 24.3 Å². The van der Waals surface area contributed by atoms with E-state index in [4.69, 9.17) is 5.73 Å². The average Bonchev–Trinajstić information content (AvgIpc) is 2.83. The summed E-state index contributed by atoms with van der Waals surface area (Å²) in [6, 6.07) is 11.0. The van der Waals surface area contributed by atoms with Crippen LogP contribution in [-0.2, 0) is 0 Å². The number of amides is 1. The van der Waals surface area contributed by atoms with Gasteiger partial charge in [-0.05, 0) is 30.3 Å². The van der Waals surface area contributed by atoms with Crippen molar-refractivity contribution < 1.29 is 9.18 Å². The number of para-hydroxylation sites is 2. The molecule has 1 amide bonds. The van der Waals surface area contributed by atoms with Gasteiger partial charge in [0.1, 0.15) is 5.82 Å². The van der Waals surface area contributed by atoms with E-state index in [0.29, 0.717) is 5.95 Å². The molecule has 20 heavy (non-hydrogen) atoms. The summed E-state index contributed by atoms with van der Waals surface area (Å²) in [6.45, 7) is 0. The molecule has 0 aliphatic heterocycles. The van der Waals surface area contributed by atoms with Crippen LogP contribution in [0.25, 0.3) is 11.0 Å². The van der Waals surface area contributed by atoms with Gasteiger partial charge in [0, 0.05) is 5.69 Å². The van der Waals surface area contributed by atoms with Crippen LogP contribution >= 0.6 is 0 Å². The zero-order valence-electron chi connectivity index (χ0n) is 10.4. The van der Waals surface area contributed by atoms with Crippen molar-refractivity contribution in [2.45, 2.75) is 0 Å². The van der Waals surface area contributed by atoms with Gasteiger partial charge in [-0.3, -0.25) is 10.1 Å². The Kier molecular flexibility index (Phi) is 2.83. The standard InChI is InChI=1S/C14H11FN4O/c15-8-5-6-10(16)9(7-8)13(20)19-14-17-11-3-1-2-4-12(11)18-14/h1-7H,16H2,(H2,17,18,19,20). The highest BCUT2D eigenvalue weighted by atomic mass is 19.1. The maximum Gasteiger partial charge on any atom is 0.260 e. The first kappa shape index (κ1) is 12.2. The van der Waals surface area contributed by atoms with Crippen LogP contribution in [0.3, 0.4) is 0 Å². The van der Waals surface area contributed by atoms with Gasteiger partial charge in [0.2, 0.25) is 5.95 Å². The number of aromatic amines is 1. The molecule has 3 rings (SSSR count). The SMILES string of the molecule is Nc1ccc(F)cc1C(=O)Nc1nc2ccccc2[nH]1. The third-order valence-corrected chi connectivity index (χ3v) is 2.88. The first-order valence-electron chi connectivity index (χ1n) is 5.94. The summed E-state index contributed by atoms with van der Waals surface area (Å²) in [4.78, 5) is 19.2. The van der Waals surface area contributed by atoms with Gasteiger partial charge in [0.15, 0.2) is 0 Å². The Balaban J connectivity index is 1.90. The molecular formula is C14H11FN4O. The summed E-state index contributed by atoms with van der Waals surface area (Å²) in [7, 11) is 0. The molecule has 2 aromatic carbocycles. The zero-order valence-corrected chi connectivity index (χ0v) is 10.4. The second-order valence-corrected chi connectivity index (χ2v) is 4.29. The van der Waals surface area contributed by atoms with E-state index >= 15 is 0 Å². The lowest BCUT2D eigenvalue weighted by atomic mass is 10.1. The van der Waals surface area contributed by atoms with Gasteiger partial charge in [0.05, 0.1) is 16.6 Å². The largest absolute Gasteiger partial charge is 0.398 e. The Labute approximate surface area is 113 Å². The van der Waals surface area contributed by atoms with Crippen molar-refractivity contribution >= 4 is 28.6 Å². The van der Waals surface area contributed by atoms with Crippen molar-refractivity contribution in [1.82, 2.24) is 9.97 Å². The Morgan fingerprint density at radius 2 is 2.05 bits per heavy atom. The van der Waals surface area contributed by atoms with E-state index in [1.165, 1.54) is 12.1 Å². The number of carbonyl (C=O) groups excluding carboxylic acids is 1. The number of nitrogens with one attached hydrogen (secondary N) is 2. The predicted octanol–water partition coefficient (Wildman–Crippen LogP) is 2.54. The molecule has 4 N–H and O–H groups in total. The fourth-order valence-corrected chi connectivity index (χ4v) is 1.91. The molecule has 100 valence electrons. The van der Waals surface area contributed by atoms with Crippen molar-refractivity contribution in [3.63, 3.8) is 0 Å². The predicted molar refractivity (Wildman–Crippen MR) is 74.9 cm³/mol. The van der Waals surface area contributed by atoms with E-state index in [0.717, 1.165) is 17.1 Å². The molecule has 0 spiro atoms. The number of carbonyl (C=O) groups is 1. The number of nitrogens with two attached hydrogens (primary N) is 1. The van der Waals surface area contributed by atoms with E-state index < -0.39 is 11.7 Å². The van der Waals surface area contributed by atoms with Gasteiger partial charge >= 0.3 is 0 Å². The molecule has 6 heteroatoms. The molecule has 0 aliphatic carbocycles. The van der Waals surface area contributed by atoms with Gasteiger partial charge in [-0.2, -0.15) is 0 Å². The van der Waals surface area contributed by atoms with E-state index in [1.54, 1.807) is 0 Å². The normalized spacial score (nSPS) is 10.7. The third-order valence-electron chi connectivity index (χ3n) is 2.88. The molecule has 1 aromatic heterocycles. The Hall–Kier alpha value is -2.89. The Morgan fingerprint density at radius 3 is 2.85 bits per heavy atom. The quantitative estimate of drug-likeness (QED) is 0.626. The minimum absolute atomic E-state index is 0.0745. The average molecular weight is 270 g/mol. The third kappa shape index (κ3) is 2.18. The molecule has 0 aliphatic rings. The van der Waals surface area contributed by atoms with Crippen LogP contribution in [0.1, 0.15) is 10.4 Å². The van der Waals surface area contributed by atoms with Crippen molar-refractivity contribution in [3.05, 3.63) is 53.8 Å². The van der Waals surface area contributed by atoms with Gasteiger partial charge in [0.25, 0.3) is 5.91 Å². The maximum atomic E-state index is 13.2. The number of imidazole rings is 1. The van der Waals surface area contributed by atoms with Gasteiger partial charge in [-0.1, -0.05) is 12.1 Å². The lowest BCUT2D eigenvalue weighted by Crippen LogP contribution is -2.15. The number of fused-ring (bicyclic) bond motifs is 1. The highest BCUT2D eigenvalue weighted by Crippen LogP contribution is 2.17. The number of H-pyrrole nitrogens is 1. The van der Waals surface area contributed by atoms with E-state index in [2.05, 4.69) is 15.3 Å². The highest BCUT2D eigenvalue weighted by Gasteiger charge is 2.13. The monoisotopic (exact) mass is 270 g/mol. The van der Waals surface area contributed by atoms with Crippen LogP contribution in [0.5, 0.6) is 0 Å². The smallest absolute Gasteiger partial charge is 0.260 e. The van der Waals surface area contributed by atoms with Crippen LogP contribution in [-0.4, -0.2) is 15.9 Å². The van der Waals surface area contributed by atoms with Crippen LogP contribution in [0, 0.1) is 5.82 Å². The number of anilines is 2. The summed E-state index contributed by atoms with van der Waals surface area (Å²) < 4.78 is 13.2. The Bertz CT molecular complexity index is 764. The fourth-order valence-electron chi connectivity index (χ4n) is 1.91. The number of hydrogen-bond acceptors (Lipinski definition) is 3. The van der Waals surface area contributed by atoms with E-state index in [9.17, 15) is 9.18 Å². The molecule has 5 nitrogen and oxygen atoms in total. The molecule has 1 heterocycles. The lowest BCUT2D eigenvalue weighted by Gasteiger charge is -2.05. The molecule has 0 atom stereocenters. The Morgan fingerprint density at radius 1 is 1.25 bits per heavy atom. The second kappa shape index (κ2) is 4.65.